The Balaban J connectivity index is 1.06. The van der Waals surface area contributed by atoms with Crippen molar-refractivity contribution in [2.45, 2.75) is 57.4 Å². The fraction of sp³-hybridized carbons (Fsp3) is 0.134. The molecular weight excluding hydrogens is 879 g/mol. The highest BCUT2D eigenvalue weighted by Gasteiger charge is 2.39. The third-order valence-electron chi connectivity index (χ3n) is 16.3. The van der Waals surface area contributed by atoms with E-state index in [-0.39, 0.29) is 16.4 Å². The van der Waals surface area contributed by atoms with Gasteiger partial charge in [0.15, 0.2) is 0 Å². The Hall–Kier alpha value is -7.92. The van der Waals surface area contributed by atoms with Gasteiger partial charge in [0.25, 0.3) is 0 Å². The number of hydrogen-bond donors (Lipinski definition) is 0. The number of anilines is 5. The standard InChI is InChI=1S/C67H53N3S/c1-65(2)56-26-14-10-22-49(56)51-32-30-44(41-58(51)65)68(43-20-8-6-9-21-43)46-38-47(69-60-28-16-12-25-55(60)63-61(69)35-34-54-53-24-13-17-29-62(53)71-64(54)63)40-48(39-46)70(67(5)36-18-7-19-37-67)45-31-33-52-50-23-11-15-27-57(50)66(3,4)59(52)42-45/h6-36,38-42H,37H2,1-5H3. The molecule has 0 spiro atoms. The topological polar surface area (TPSA) is 11.4 Å². The van der Waals surface area contributed by atoms with Gasteiger partial charge in [0, 0.05) is 64.5 Å². The lowest BCUT2D eigenvalue weighted by atomic mass is 9.82. The molecule has 0 saturated heterocycles. The summed E-state index contributed by atoms with van der Waals surface area (Å²) in [6.07, 6.45) is 10.0. The van der Waals surface area contributed by atoms with Crippen LogP contribution in [-0.2, 0) is 10.8 Å². The van der Waals surface area contributed by atoms with Gasteiger partial charge in [0.2, 0.25) is 0 Å². The molecule has 342 valence electrons. The first kappa shape index (κ1) is 42.0. The van der Waals surface area contributed by atoms with Gasteiger partial charge in [-0.05, 0) is 131 Å². The van der Waals surface area contributed by atoms with Crippen LogP contribution in [0.4, 0.5) is 28.4 Å². The van der Waals surface area contributed by atoms with Crippen LogP contribution in [0.5, 0.6) is 0 Å². The van der Waals surface area contributed by atoms with Gasteiger partial charge >= 0.3 is 0 Å². The van der Waals surface area contributed by atoms with Crippen molar-refractivity contribution in [1.82, 2.24) is 4.57 Å². The summed E-state index contributed by atoms with van der Waals surface area (Å²) in [5, 5.41) is 5.19. The molecule has 3 aliphatic rings. The molecule has 0 N–H and O–H groups in total. The lowest BCUT2D eigenvalue weighted by Crippen LogP contribution is -2.42. The summed E-state index contributed by atoms with van der Waals surface area (Å²) in [5.74, 6) is 0. The zero-order chi connectivity index (χ0) is 47.8. The monoisotopic (exact) mass is 931 g/mol. The van der Waals surface area contributed by atoms with Crippen LogP contribution in [0.3, 0.4) is 0 Å². The molecule has 0 fully saturated rings. The predicted octanol–water partition coefficient (Wildman–Crippen LogP) is 18.6. The van der Waals surface area contributed by atoms with E-state index in [1.54, 1.807) is 0 Å². The van der Waals surface area contributed by atoms with E-state index in [9.17, 15) is 0 Å². The van der Waals surface area contributed by atoms with Crippen LogP contribution in [0.2, 0.25) is 0 Å². The minimum Gasteiger partial charge on any atom is -0.332 e. The van der Waals surface area contributed by atoms with E-state index in [1.807, 2.05) is 11.3 Å². The molecule has 4 heteroatoms. The van der Waals surface area contributed by atoms with Crippen LogP contribution in [0.1, 0.15) is 63.3 Å². The second-order valence-electron chi connectivity index (χ2n) is 21.2. The maximum atomic E-state index is 2.63. The maximum absolute atomic E-state index is 2.63. The van der Waals surface area contributed by atoms with Crippen LogP contribution >= 0.6 is 11.3 Å². The van der Waals surface area contributed by atoms with Gasteiger partial charge in [-0.2, -0.15) is 0 Å². The van der Waals surface area contributed by atoms with Crippen LogP contribution in [-0.4, -0.2) is 10.1 Å². The first-order chi connectivity index (χ1) is 34.6. The van der Waals surface area contributed by atoms with E-state index in [1.165, 1.54) is 92.2 Å². The predicted molar refractivity (Wildman–Crippen MR) is 303 cm³/mol. The molecule has 0 saturated carbocycles. The van der Waals surface area contributed by atoms with Gasteiger partial charge in [-0.15, -0.1) is 11.3 Å². The first-order valence-corrected chi connectivity index (χ1v) is 25.9. The second kappa shape index (κ2) is 15.3. The van der Waals surface area contributed by atoms with Crippen molar-refractivity contribution in [2.75, 3.05) is 9.80 Å². The molecule has 3 aliphatic carbocycles. The number of hydrogen-bond acceptors (Lipinski definition) is 3. The largest absolute Gasteiger partial charge is 0.332 e. The molecule has 1 atom stereocenters. The zero-order valence-electron chi connectivity index (χ0n) is 40.7. The third kappa shape index (κ3) is 6.14. The molecule has 9 aromatic carbocycles. The Kier molecular flexibility index (Phi) is 9.04. The Bertz CT molecular complexity index is 4070. The number of aromatic nitrogens is 1. The summed E-state index contributed by atoms with van der Waals surface area (Å²) in [6, 6.07) is 73.2. The Morgan fingerprint density at radius 1 is 0.437 bits per heavy atom. The number of thiophene rings is 1. The molecule has 0 aliphatic heterocycles. The molecular formula is C67H53N3S. The number of rotatable bonds is 7. The van der Waals surface area contributed by atoms with Crippen LogP contribution < -0.4 is 9.80 Å². The van der Waals surface area contributed by atoms with E-state index < -0.39 is 0 Å². The van der Waals surface area contributed by atoms with Crippen molar-refractivity contribution in [1.29, 1.82) is 0 Å². The van der Waals surface area contributed by atoms with Gasteiger partial charge in [-0.25, -0.2) is 0 Å². The number of fused-ring (bicyclic) bond motifs is 13. The maximum Gasteiger partial charge on any atom is 0.0642 e. The quantitative estimate of drug-likeness (QED) is 0.158. The van der Waals surface area contributed by atoms with Crippen molar-refractivity contribution < 1.29 is 0 Å². The van der Waals surface area contributed by atoms with E-state index >= 15 is 0 Å². The number of para-hydroxylation sites is 2. The average molecular weight is 932 g/mol. The van der Waals surface area contributed by atoms with Crippen molar-refractivity contribution in [2.24, 2.45) is 0 Å². The van der Waals surface area contributed by atoms with Crippen molar-refractivity contribution in [3.8, 4) is 27.9 Å². The molecule has 0 bridgehead atoms. The molecule has 0 radical (unpaired) electrons. The highest BCUT2D eigenvalue weighted by atomic mass is 32.1. The summed E-state index contributed by atoms with van der Waals surface area (Å²) < 4.78 is 5.18. The van der Waals surface area contributed by atoms with Gasteiger partial charge in [-0.1, -0.05) is 173 Å². The third-order valence-corrected chi connectivity index (χ3v) is 17.5. The molecule has 2 heterocycles. The molecule has 14 rings (SSSR count). The molecule has 3 nitrogen and oxygen atoms in total. The van der Waals surface area contributed by atoms with E-state index in [4.69, 9.17) is 0 Å². The fourth-order valence-corrected chi connectivity index (χ4v) is 14.0. The fourth-order valence-electron chi connectivity index (χ4n) is 12.8. The minimum absolute atomic E-state index is 0.157. The zero-order valence-corrected chi connectivity index (χ0v) is 41.6. The normalized spacial score (nSPS) is 16.9. The minimum atomic E-state index is -0.389. The summed E-state index contributed by atoms with van der Waals surface area (Å²) >= 11 is 1.91. The summed E-state index contributed by atoms with van der Waals surface area (Å²) in [6.45, 7) is 11.9. The van der Waals surface area contributed by atoms with Gasteiger partial charge in [0.05, 0.1) is 27.9 Å². The summed E-state index contributed by atoms with van der Waals surface area (Å²) in [7, 11) is 0. The number of benzene rings is 9. The highest BCUT2D eigenvalue weighted by Crippen LogP contribution is 2.54. The molecule has 71 heavy (non-hydrogen) atoms. The SMILES string of the molecule is CC1(C)c2ccccc2-c2ccc(N(c3ccccc3)c3cc(N(c4ccc5c(c4)C(C)(C)c4ccccc4-5)C4(C)C=CC=CC4)cc(-n4c5ccccc5c5c6sc7ccccc7c6ccc54)c3)cc21. The van der Waals surface area contributed by atoms with Gasteiger partial charge in [-0.3, -0.25) is 0 Å². The highest BCUT2D eigenvalue weighted by molar-refractivity contribution is 7.26. The smallest absolute Gasteiger partial charge is 0.0642 e. The number of nitrogens with zero attached hydrogens (tertiary/aromatic N) is 3. The Morgan fingerprint density at radius 3 is 1.76 bits per heavy atom. The van der Waals surface area contributed by atoms with E-state index in [2.05, 4.69) is 267 Å². The lowest BCUT2D eigenvalue weighted by Gasteiger charge is -2.43. The molecule has 1 unspecified atom stereocenters. The van der Waals surface area contributed by atoms with Crippen molar-refractivity contribution in [3.05, 3.63) is 241 Å². The number of allylic oxidation sites excluding steroid dienone is 2. The van der Waals surface area contributed by atoms with Gasteiger partial charge < -0.3 is 14.4 Å². The Labute approximate surface area is 419 Å². The molecule has 2 aromatic heterocycles. The molecule has 0 amide bonds. The van der Waals surface area contributed by atoms with Crippen LogP contribution in [0, 0.1) is 0 Å². The van der Waals surface area contributed by atoms with Crippen LogP contribution in [0.25, 0.3) is 69.9 Å². The van der Waals surface area contributed by atoms with E-state index in [0.29, 0.717) is 0 Å². The van der Waals surface area contributed by atoms with Gasteiger partial charge in [0.1, 0.15) is 0 Å². The Morgan fingerprint density at radius 2 is 1.04 bits per heavy atom. The average Bonchev–Trinajstić information content (AvgIpc) is 4.08. The van der Waals surface area contributed by atoms with Crippen molar-refractivity contribution >= 4 is 81.8 Å². The first-order valence-electron chi connectivity index (χ1n) is 25.1. The van der Waals surface area contributed by atoms with Crippen molar-refractivity contribution in [3.63, 3.8) is 0 Å². The summed E-state index contributed by atoms with van der Waals surface area (Å²) in [4.78, 5) is 5.12. The lowest BCUT2D eigenvalue weighted by molar-refractivity contribution is 0.569. The molecule has 11 aromatic rings. The van der Waals surface area contributed by atoms with Crippen LogP contribution in [0.15, 0.2) is 218 Å². The summed E-state index contributed by atoms with van der Waals surface area (Å²) in [5.41, 5.74) is 19.2. The second-order valence-corrected chi connectivity index (χ2v) is 22.2. The van der Waals surface area contributed by atoms with E-state index in [0.717, 1.165) is 34.9 Å².